The zero-order valence-electron chi connectivity index (χ0n) is 6.09. The van der Waals surface area contributed by atoms with Crippen molar-refractivity contribution in [3.8, 4) is 0 Å². The average molecular weight is 138 g/mol. The molecule has 1 aliphatic carbocycles. The van der Waals surface area contributed by atoms with Gasteiger partial charge in [0.05, 0.1) is 0 Å². The van der Waals surface area contributed by atoms with Crippen LogP contribution >= 0.6 is 0 Å². The van der Waals surface area contributed by atoms with Gasteiger partial charge in [-0.3, -0.25) is 0 Å². The summed E-state index contributed by atoms with van der Waals surface area (Å²) < 4.78 is 0. The minimum atomic E-state index is 0.407. The van der Waals surface area contributed by atoms with Gasteiger partial charge in [0.2, 0.25) is 0 Å². The largest absolute Gasteiger partial charge is 0.327 e. The Bertz CT molecular complexity index is 153. The molecule has 1 fully saturated rings. The van der Waals surface area contributed by atoms with Crippen LogP contribution in [0, 0.1) is 11.8 Å². The van der Waals surface area contributed by atoms with Crippen LogP contribution in [0.5, 0.6) is 0 Å². The number of nitrogens with one attached hydrogen (secondary N) is 1. The molecule has 0 aromatic carbocycles. The van der Waals surface area contributed by atoms with Crippen LogP contribution in [-0.4, -0.2) is 19.1 Å². The summed E-state index contributed by atoms with van der Waals surface area (Å²) >= 11 is 0. The van der Waals surface area contributed by atoms with Gasteiger partial charge in [-0.2, -0.15) is 0 Å². The molecule has 2 heteroatoms. The molecule has 1 saturated heterocycles. The Morgan fingerprint density at radius 2 is 2.30 bits per heavy atom. The van der Waals surface area contributed by atoms with Crippen LogP contribution in [0.3, 0.4) is 0 Å². The Hall–Kier alpha value is -0.340. The molecule has 2 aliphatic rings. The van der Waals surface area contributed by atoms with E-state index < -0.39 is 0 Å². The summed E-state index contributed by atoms with van der Waals surface area (Å²) in [5.41, 5.74) is 5.93. The second-order valence-corrected chi connectivity index (χ2v) is 3.31. The van der Waals surface area contributed by atoms with Crippen molar-refractivity contribution in [3.05, 3.63) is 12.2 Å². The molecule has 56 valence electrons. The predicted molar refractivity (Wildman–Crippen MR) is 41.6 cm³/mol. The van der Waals surface area contributed by atoms with Gasteiger partial charge in [-0.25, -0.2) is 0 Å². The lowest BCUT2D eigenvalue weighted by Crippen LogP contribution is -2.36. The van der Waals surface area contributed by atoms with Gasteiger partial charge in [0, 0.05) is 19.1 Å². The summed E-state index contributed by atoms with van der Waals surface area (Å²) in [7, 11) is 0. The smallest absolute Gasteiger partial charge is 0.0120 e. The van der Waals surface area contributed by atoms with Gasteiger partial charge < -0.3 is 11.1 Å². The van der Waals surface area contributed by atoms with Crippen molar-refractivity contribution in [2.45, 2.75) is 12.5 Å². The minimum absolute atomic E-state index is 0.407. The van der Waals surface area contributed by atoms with Gasteiger partial charge >= 0.3 is 0 Å². The van der Waals surface area contributed by atoms with Crippen LogP contribution in [0.2, 0.25) is 0 Å². The summed E-state index contributed by atoms with van der Waals surface area (Å²) in [6.07, 6.45) is 5.61. The lowest BCUT2D eigenvalue weighted by molar-refractivity contribution is 0.382. The third-order valence-corrected chi connectivity index (χ3v) is 2.65. The number of rotatable bonds is 0. The van der Waals surface area contributed by atoms with Gasteiger partial charge in [-0.15, -0.1) is 0 Å². The van der Waals surface area contributed by atoms with Crippen molar-refractivity contribution in [2.24, 2.45) is 17.6 Å². The van der Waals surface area contributed by atoms with E-state index in [0.29, 0.717) is 12.0 Å². The maximum atomic E-state index is 5.93. The van der Waals surface area contributed by atoms with Gasteiger partial charge in [0.15, 0.2) is 0 Å². The van der Waals surface area contributed by atoms with E-state index in [9.17, 15) is 0 Å². The summed E-state index contributed by atoms with van der Waals surface area (Å²) in [5, 5.41) is 3.36. The molecule has 2 nitrogen and oxygen atoms in total. The zero-order valence-corrected chi connectivity index (χ0v) is 6.09. The molecule has 0 aromatic heterocycles. The van der Waals surface area contributed by atoms with Crippen molar-refractivity contribution in [2.75, 3.05) is 13.1 Å². The number of hydrogen-bond acceptors (Lipinski definition) is 2. The standard InChI is InChI=1S/C8H14N2/c9-8-3-1-2-6-4-10-5-7(6)8/h1-2,6-8,10H,3-5,9H2. The Labute approximate surface area is 61.5 Å². The molecular weight excluding hydrogens is 124 g/mol. The molecule has 3 N–H and O–H groups in total. The fourth-order valence-electron chi connectivity index (χ4n) is 1.98. The van der Waals surface area contributed by atoms with E-state index in [0.717, 1.165) is 25.4 Å². The first kappa shape index (κ1) is 6.38. The maximum absolute atomic E-state index is 5.93. The average Bonchev–Trinajstić information content (AvgIpc) is 2.36. The molecule has 1 aliphatic heterocycles. The highest BCUT2D eigenvalue weighted by Gasteiger charge is 2.31. The fourth-order valence-corrected chi connectivity index (χ4v) is 1.98. The van der Waals surface area contributed by atoms with Crippen molar-refractivity contribution in [1.29, 1.82) is 0 Å². The topological polar surface area (TPSA) is 38.0 Å². The van der Waals surface area contributed by atoms with E-state index in [1.807, 2.05) is 0 Å². The van der Waals surface area contributed by atoms with Crippen molar-refractivity contribution >= 4 is 0 Å². The Balaban J connectivity index is 2.14. The van der Waals surface area contributed by atoms with Gasteiger partial charge in [-0.1, -0.05) is 12.2 Å². The van der Waals surface area contributed by atoms with Crippen LogP contribution in [0.25, 0.3) is 0 Å². The third-order valence-electron chi connectivity index (χ3n) is 2.65. The molecule has 0 saturated carbocycles. The van der Waals surface area contributed by atoms with Gasteiger partial charge in [0.25, 0.3) is 0 Å². The summed E-state index contributed by atoms with van der Waals surface area (Å²) in [5.74, 6) is 1.44. The van der Waals surface area contributed by atoms with E-state index in [1.54, 1.807) is 0 Å². The normalized spacial score (nSPS) is 45.5. The SMILES string of the molecule is NC1CC=CC2CNCC12. The summed E-state index contributed by atoms with van der Waals surface area (Å²) in [6, 6.07) is 0.407. The predicted octanol–water partition coefficient (Wildman–Crippen LogP) is 0.109. The number of nitrogens with two attached hydrogens (primary N) is 1. The van der Waals surface area contributed by atoms with Crippen molar-refractivity contribution in [3.63, 3.8) is 0 Å². The first-order chi connectivity index (χ1) is 4.88. The lowest BCUT2D eigenvalue weighted by atomic mass is 9.83. The molecular formula is C8H14N2. The zero-order chi connectivity index (χ0) is 6.97. The van der Waals surface area contributed by atoms with Crippen molar-refractivity contribution < 1.29 is 0 Å². The molecule has 0 bridgehead atoms. The summed E-state index contributed by atoms with van der Waals surface area (Å²) in [4.78, 5) is 0. The highest BCUT2D eigenvalue weighted by atomic mass is 14.9. The molecule has 3 atom stereocenters. The highest BCUT2D eigenvalue weighted by Crippen LogP contribution is 2.26. The molecule has 10 heavy (non-hydrogen) atoms. The first-order valence-corrected chi connectivity index (χ1v) is 4.01. The van der Waals surface area contributed by atoms with Gasteiger partial charge in [-0.05, 0) is 18.3 Å². The quantitative estimate of drug-likeness (QED) is 0.466. The first-order valence-electron chi connectivity index (χ1n) is 4.01. The molecule has 1 heterocycles. The van der Waals surface area contributed by atoms with E-state index in [-0.39, 0.29) is 0 Å². The Kier molecular flexibility index (Phi) is 1.51. The second kappa shape index (κ2) is 2.36. The monoisotopic (exact) mass is 138 g/mol. The van der Waals surface area contributed by atoms with Crippen LogP contribution in [0.1, 0.15) is 6.42 Å². The van der Waals surface area contributed by atoms with Crippen LogP contribution in [0.4, 0.5) is 0 Å². The third kappa shape index (κ3) is 0.879. The van der Waals surface area contributed by atoms with Crippen LogP contribution in [0.15, 0.2) is 12.2 Å². The van der Waals surface area contributed by atoms with Crippen molar-refractivity contribution in [1.82, 2.24) is 5.32 Å². The Morgan fingerprint density at radius 1 is 1.40 bits per heavy atom. The highest BCUT2D eigenvalue weighted by molar-refractivity contribution is 5.06. The lowest BCUT2D eigenvalue weighted by Gasteiger charge is -2.25. The van der Waals surface area contributed by atoms with Crippen LogP contribution < -0.4 is 11.1 Å². The molecule has 0 aromatic rings. The number of fused-ring (bicyclic) bond motifs is 1. The molecule has 2 rings (SSSR count). The summed E-state index contributed by atoms with van der Waals surface area (Å²) in [6.45, 7) is 2.26. The minimum Gasteiger partial charge on any atom is -0.327 e. The van der Waals surface area contributed by atoms with Crippen LogP contribution in [-0.2, 0) is 0 Å². The number of hydrogen-bond donors (Lipinski definition) is 2. The fraction of sp³-hybridized carbons (Fsp3) is 0.750. The maximum Gasteiger partial charge on any atom is 0.0120 e. The second-order valence-electron chi connectivity index (χ2n) is 3.31. The Morgan fingerprint density at radius 3 is 3.10 bits per heavy atom. The molecule has 0 amide bonds. The van der Waals surface area contributed by atoms with E-state index in [1.165, 1.54) is 0 Å². The molecule has 0 radical (unpaired) electrons. The molecule has 0 spiro atoms. The van der Waals surface area contributed by atoms with E-state index in [2.05, 4.69) is 17.5 Å². The van der Waals surface area contributed by atoms with E-state index in [4.69, 9.17) is 5.73 Å². The molecule has 3 unspecified atom stereocenters. The van der Waals surface area contributed by atoms with Gasteiger partial charge in [0.1, 0.15) is 0 Å². The van der Waals surface area contributed by atoms with E-state index >= 15 is 0 Å².